The highest BCUT2D eigenvalue weighted by molar-refractivity contribution is 5.89. The molecule has 0 aliphatic rings. The number of carbonyl (C=O) groups excluding carboxylic acids is 1. The second kappa shape index (κ2) is 7.61. The van der Waals surface area contributed by atoms with Gasteiger partial charge in [0.05, 0.1) is 5.69 Å². The van der Waals surface area contributed by atoms with E-state index in [1.54, 1.807) is 6.20 Å². The first-order valence-electron chi connectivity index (χ1n) is 8.21. The minimum absolute atomic E-state index is 0.210. The molecule has 25 heavy (non-hydrogen) atoms. The maximum Gasteiger partial charge on any atom is 0.319 e. The van der Waals surface area contributed by atoms with Crippen molar-refractivity contribution in [2.75, 3.05) is 11.9 Å². The zero-order valence-electron chi connectivity index (χ0n) is 14.4. The number of para-hydroxylation sites is 1. The average Bonchev–Trinajstić information content (AvgIpc) is 2.91. The highest BCUT2D eigenvalue weighted by Gasteiger charge is 2.13. The summed E-state index contributed by atoms with van der Waals surface area (Å²) in [7, 11) is 0. The monoisotopic (exact) mass is 335 g/mol. The number of hydrogen-bond acceptors (Lipinski definition) is 3. The number of amides is 2. The average molecular weight is 335 g/mol. The van der Waals surface area contributed by atoms with Crippen LogP contribution in [0.5, 0.6) is 0 Å². The minimum Gasteiger partial charge on any atom is -0.338 e. The molecule has 0 saturated carbocycles. The first-order valence-corrected chi connectivity index (χ1v) is 8.21. The Morgan fingerprint density at radius 1 is 1.08 bits per heavy atom. The van der Waals surface area contributed by atoms with Crippen molar-refractivity contribution in [1.29, 1.82) is 0 Å². The van der Waals surface area contributed by atoms with E-state index in [1.807, 2.05) is 67.1 Å². The molecule has 6 heteroatoms. The van der Waals surface area contributed by atoms with E-state index in [0.717, 1.165) is 28.5 Å². The summed E-state index contributed by atoms with van der Waals surface area (Å²) in [6.07, 6.45) is 2.47. The third kappa shape index (κ3) is 4.03. The van der Waals surface area contributed by atoms with Gasteiger partial charge in [0.25, 0.3) is 0 Å². The van der Waals surface area contributed by atoms with E-state index in [-0.39, 0.29) is 6.03 Å². The molecule has 2 heterocycles. The van der Waals surface area contributed by atoms with Crippen LogP contribution in [-0.4, -0.2) is 27.3 Å². The Balaban J connectivity index is 1.60. The van der Waals surface area contributed by atoms with E-state index in [9.17, 15) is 4.79 Å². The molecule has 2 N–H and O–H groups in total. The molecular weight excluding hydrogens is 314 g/mol. The van der Waals surface area contributed by atoms with Gasteiger partial charge in [0.15, 0.2) is 5.82 Å². The van der Waals surface area contributed by atoms with Crippen molar-refractivity contribution in [3.8, 4) is 5.82 Å². The van der Waals surface area contributed by atoms with Crippen LogP contribution in [0.3, 0.4) is 0 Å². The number of anilines is 1. The van der Waals surface area contributed by atoms with Crippen molar-refractivity contribution < 1.29 is 4.79 Å². The van der Waals surface area contributed by atoms with Gasteiger partial charge in [0.1, 0.15) is 0 Å². The maximum absolute atomic E-state index is 11.9. The normalized spacial score (nSPS) is 10.5. The van der Waals surface area contributed by atoms with E-state index in [0.29, 0.717) is 13.0 Å². The van der Waals surface area contributed by atoms with Crippen LogP contribution < -0.4 is 10.6 Å². The quantitative estimate of drug-likeness (QED) is 0.752. The lowest BCUT2D eigenvalue weighted by Gasteiger charge is -2.08. The van der Waals surface area contributed by atoms with Crippen molar-refractivity contribution in [1.82, 2.24) is 20.1 Å². The van der Waals surface area contributed by atoms with Crippen LogP contribution in [0.15, 0.2) is 54.7 Å². The molecule has 2 amide bonds. The number of rotatable bonds is 5. The number of aryl methyl sites for hydroxylation is 1. The predicted molar refractivity (Wildman–Crippen MR) is 98.0 cm³/mol. The predicted octanol–water partition coefficient (Wildman–Crippen LogP) is 3.25. The number of hydrogen-bond donors (Lipinski definition) is 2. The van der Waals surface area contributed by atoms with E-state index in [1.165, 1.54) is 0 Å². The Bertz CT molecular complexity index is 843. The number of benzene rings is 1. The lowest BCUT2D eigenvalue weighted by atomic mass is 10.1. The van der Waals surface area contributed by atoms with E-state index >= 15 is 0 Å². The summed E-state index contributed by atoms with van der Waals surface area (Å²) in [5, 5.41) is 10.3. The van der Waals surface area contributed by atoms with Crippen molar-refractivity contribution in [2.24, 2.45) is 0 Å². The van der Waals surface area contributed by atoms with Crippen molar-refractivity contribution >= 4 is 11.7 Å². The molecule has 2 aromatic heterocycles. The van der Waals surface area contributed by atoms with Crippen LogP contribution in [0, 0.1) is 13.8 Å². The lowest BCUT2D eigenvalue weighted by molar-refractivity contribution is 0.252. The summed E-state index contributed by atoms with van der Waals surface area (Å²) >= 11 is 0. The van der Waals surface area contributed by atoms with Crippen LogP contribution in [0.25, 0.3) is 5.82 Å². The first kappa shape index (κ1) is 16.7. The second-order valence-electron chi connectivity index (χ2n) is 5.75. The topological polar surface area (TPSA) is 71.8 Å². The van der Waals surface area contributed by atoms with Gasteiger partial charge in [-0.2, -0.15) is 5.10 Å². The zero-order chi connectivity index (χ0) is 17.6. The molecule has 0 radical (unpaired) electrons. The molecular formula is C19H21N5O. The Kier molecular flexibility index (Phi) is 5.09. The molecule has 0 fully saturated rings. The maximum atomic E-state index is 11.9. The standard InChI is InChI=1S/C19H21N5O/c1-14-17(15(2)24(23-14)18-10-6-7-12-20-18)11-13-21-19(25)22-16-8-4-3-5-9-16/h3-10,12H,11,13H2,1-2H3,(H2,21,22,25). The van der Waals surface area contributed by atoms with Crippen molar-refractivity contribution in [3.05, 3.63) is 71.7 Å². The fraction of sp³-hybridized carbons (Fsp3) is 0.211. The highest BCUT2D eigenvalue weighted by atomic mass is 16.2. The van der Waals surface area contributed by atoms with Crippen LogP contribution in [0.4, 0.5) is 10.5 Å². The smallest absolute Gasteiger partial charge is 0.319 e. The number of nitrogens with zero attached hydrogens (tertiary/aromatic N) is 3. The van der Waals surface area contributed by atoms with Gasteiger partial charge in [-0.25, -0.2) is 14.5 Å². The van der Waals surface area contributed by atoms with Gasteiger partial charge in [0, 0.05) is 24.1 Å². The third-order valence-corrected chi connectivity index (χ3v) is 4.00. The fourth-order valence-corrected chi connectivity index (χ4v) is 2.74. The Morgan fingerprint density at radius 2 is 1.84 bits per heavy atom. The van der Waals surface area contributed by atoms with E-state index < -0.39 is 0 Å². The van der Waals surface area contributed by atoms with Gasteiger partial charge in [-0.05, 0) is 50.1 Å². The number of aromatic nitrogens is 3. The Hall–Kier alpha value is -3.15. The molecule has 6 nitrogen and oxygen atoms in total. The molecule has 1 aromatic carbocycles. The van der Waals surface area contributed by atoms with Crippen LogP contribution in [0.2, 0.25) is 0 Å². The number of urea groups is 1. The molecule has 0 saturated heterocycles. The highest BCUT2D eigenvalue weighted by Crippen LogP contribution is 2.16. The molecule has 128 valence electrons. The summed E-state index contributed by atoms with van der Waals surface area (Å²) in [4.78, 5) is 16.3. The summed E-state index contributed by atoms with van der Waals surface area (Å²) in [6.45, 7) is 4.54. The van der Waals surface area contributed by atoms with Crippen molar-refractivity contribution in [3.63, 3.8) is 0 Å². The van der Waals surface area contributed by atoms with Gasteiger partial charge < -0.3 is 10.6 Å². The molecule has 3 aromatic rings. The zero-order valence-corrected chi connectivity index (χ0v) is 14.4. The molecule has 0 unspecified atom stereocenters. The molecule has 0 aliphatic heterocycles. The van der Waals surface area contributed by atoms with Gasteiger partial charge in [-0.15, -0.1) is 0 Å². The summed E-state index contributed by atoms with van der Waals surface area (Å²) in [6, 6.07) is 14.9. The molecule has 0 bridgehead atoms. The van der Waals surface area contributed by atoms with Crippen molar-refractivity contribution in [2.45, 2.75) is 20.3 Å². The summed E-state index contributed by atoms with van der Waals surface area (Å²) < 4.78 is 1.84. The number of nitrogens with one attached hydrogen (secondary N) is 2. The van der Waals surface area contributed by atoms with Gasteiger partial charge >= 0.3 is 6.03 Å². The largest absolute Gasteiger partial charge is 0.338 e. The first-order chi connectivity index (χ1) is 12.1. The van der Waals surface area contributed by atoms with Crippen LogP contribution >= 0.6 is 0 Å². The van der Waals surface area contributed by atoms with Gasteiger partial charge in [-0.1, -0.05) is 24.3 Å². The minimum atomic E-state index is -0.210. The number of carbonyl (C=O) groups is 1. The van der Waals surface area contributed by atoms with Gasteiger partial charge in [-0.3, -0.25) is 0 Å². The molecule has 0 atom stereocenters. The molecule has 0 spiro atoms. The summed E-state index contributed by atoms with van der Waals surface area (Å²) in [5.74, 6) is 0.795. The Labute approximate surface area is 146 Å². The number of pyridine rings is 1. The van der Waals surface area contributed by atoms with E-state index in [4.69, 9.17) is 0 Å². The fourth-order valence-electron chi connectivity index (χ4n) is 2.74. The van der Waals surface area contributed by atoms with Crippen LogP contribution in [-0.2, 0) is 6.42 Å². The van der Waals surface area contributed by atoms with Crippen LogP contribution in [0.1, 0.15) is 17.0 Å². The Morgan fingerprint density at radius 3 is 2.56 bits per heavy atom. The molecule has 0 aliphatic carbocycles. The summed E-state index contributed by atoms with van der Waals surface area (Å²) in [5.41, 5.74) is 3.90. The van der Waals surface area contributed by atoms with E-state index in [2.05, 4.69) is 20.7 Å². The van der Waals surface area contributed by atoms with Gasteiger partial charge in [0.2, 0.25) is 0 Å². The SMILES string of the molecule is Cc1nn(-c2ccccn2)c(C)c1CCNC(=O)Nc1ccccc1. The molecule has 3 rings (SSSR count). The third-order valence-electron chi connectivity index (χ3n) is 4.00. The lowest BCUT2D eigenvalue weighted by Crippen LogP contribution is -2.30. The second-order valence-corrected chi connectivity index (χ2v) is 5.75.